The number of hydrogen-bond donors (Lipinski definition) is 2. The normalized spacial score (nSPS) is 15.9. The third kappa shape index (κ3) is 5.31. The maximum absolute atomic E-state index is 12.0. The lowest BCUT2D eigenvalue weighted by Gasteiger charge is -2.08. The molecular weight excluding hydrogens is 348 g/mol. The maximum atomic E-state index is 12.0. The molecule has 0 unspecified atom stereocenters. The summed E-state index contributed by atoms with van der Waals surface area (Å²) in [6, 6.07) is 6.44. The fourth-order valence-electron chi connectivity index (χ4n) is 1.81. The fourth-order valence-corrected chi connectivity index (χ4v) is 3.67. The smallest absolute Gasteiger partial charge is 0.212 e. The summed E-state index contributed by atoms with van der Waals surface area (Å²) in [6.07, 6.45) is 6.21. The van der Waals surface area contributed by atoms with Gasteiger partial charge in [0.2, 0.25) is 20.0 Å². The standard InChI is InChI=1S/C16H17N2O4S2/c1-14-8-10-16(11-9-14)24(21,22)18-13-5-4-12-17-23(19,20)15-6-2-3-7-15/h2-3,6-11,17-18H,12-13H2,1H3. The van der Waals surface area contributed by atoms with Gasteiger partial charge >= 0.3 is 0 Å². The molecule has 0 atom stereocenters. The molecule has 0 heterocycles. The van der Waals surface area contributed by atoms with Crippen molar-refractivity contribution in [2.75, 3.05) is 13.1 Å². The molecule has 0 saturated heterocycles. The van der Waals surface area contributed by atoms with Crippen molar-refractivity contribution in [1.29, 1.82) is 0 Å². The average molecular weight is 365 g/mol. The summed E-state index contributed by atoms with van der Waals surface area (Å²) >= 11 is 0. The highest BCUT2D eigenvalue weighted by molar-refractivity contribution is 7.92. The van der Waals surface area contributed by atoms with E-state index >= 15 is 0 Å². The van der Waals surface area contributed by atoms with Crippen LogP contribution in [0, 0.1) is 49.7 Å². The lowest BCUT2D eigenvalue weighted by Crippen LogP contribution is -2.29. The lowest BCUT2D eigenvalue weighted by atomic mass is 10.2. The summed E-state index contributed by atoms with van der Waals surface area (Å²) in [6.45, 7) is 1.67. The van der Waals surface area contributed by atoms with Gasteiger partial charge in [-0.1, -0.05) is 29.5 Å². The number of sulfonamides is 2. The molecule has 8 heteroatoms. The fraction of sp³-hybridized carbons (Fsp3) is 0.188. The van der Waals surface area contributed by atoms with E-state index in [2.05, 4.69) is 21.3 Å². The Balaban J connectivity index is 1.80. The van der Waals surface area contributed by atoms with Crippen LogP contribution in [0.1, 0.15) is 5.56 Å². The van der Waals surface area contributed by atoms with Gasteiger partial charge in [-0.15, -0.1) is 0 Å². The largest absolute Gasteiger partial charge is 0.241 e. The number of rotatable bonds is 6. The third-order valence-corrected chi connectivity index (χ3v) is 5.93. The van der Waals surface area contributed by atoms with E-state index in [4.69, 9.17) is 0 Å². The molecule has 6 nitrogen and oxygen atoms in total. The van der Waals surface area contributed by atoms with E-state index in [1.807, 2.05) is 6.92 Å². The zero-order valence-electron chi connectivity index (χ0n) is 13.0. The minimum Gasteiger partial charge on any atom is -0.212 e. The highest BCUT2D eigenvalue weighted by Gasteiger charge is 2.29. The topological polar surface area (TPSA) is 92.3 Å². The summed E-state index contributed by atoms with van der Waals surface area (Å²) in [5.74, 6) is 5.14. The Kier molecular flexibility index (Phi) is 6.40. The second-order valence-corrected chi connectivity index (χ2v) is 8.47. The summed E-state index contributed by atoms with van der Waals surface area (Å²) in [5.41, 5.74) is 0.964. The predicted octanol–water partition coefficient (Wildman–Crippen LogP) is 0.559. The highest BCUT2D eigenvalue weighted by Crippen LogP contribution is 2.27. The number of benzene rings is 1. The molecule has 1 saturated carbocycles. The van der Waals surface area contributed by atoms with Crippen molar-refractivity contribution in [2.45, 2.75) is 11.8 Å². The summed E-state index contributed by atoms with van der Waals surface area (Å²) in [4.78, 5) is 0.159. The second kappa shape index (κ2) is 8.12. The van der Waals surface area contributed by atoms with Crippen LogP contribution in [0.3, 0.4) is 0 Å². The van der Waals surface area contributed by atoms with Crippen molar-refractivity contribution in [3.63, 3.8) is 0 Å². The molecule has 0 amide bonds. The minimum absolute atomic E-state index is 0.0974. The molecule has 0 aliphatic heterocycles. The van der Waals surface area contributed by atoms with Crippen molar-refractivity contribution in [1.82, 2.24) is 9.44 Å². The Hall–Kier alpha value is -1.40. The van der Waals surface area contributed by atoms with Crippen molar-refractivity contribution in [2.24, 2.45) is 0 Å². The molecule has 1 aliphatic carbocycles. The van der Waals surface area contributed by atoms with Crippen LogP contribution in [0.4, 0.5) is 0 Å². The second-order valence-electron chi connectivity index (χ2n) is 4.94. The molecule has 0 bridgehead atoms. The molecule has 1 aromatic carbocycles. The summed E-state index contributed by atoms with van der Waals surface area (Å²) in [5, 5.41) is 0.171. The number of aryl methyl sites for hydroxylation is 1. The van der Waals surface area contributed by atoms with Crippen LogP contribution in [0.25, 0.3) is 0 Å². The van der Waals surface area contributed by atoms with Gasteiger partial charge < -0.3 is 0 Å². The first kappa shape index (κ1) is 18.9. The van der Waals surface area contributed by atoms with Crippen molar-refractivity contribution in [3.8, 4) is 11.8 Å². The van der Waals surface area contributed by atoms with Gasteiger partial charge in [0.05, 0.1) is 18.0 Å². The molecule has 1 fully saturated rings. The quantitative estimate of drug-likeness (QED) is 0.721. The monoisotopic (exact) mass is 365 g/mol. The van der Waals surface area contributed by atoms with E-state index in [0.29, 0.717) is 0 Å². The Morgan fingerprint density at radius 2 is 1.33 bits per heavy atom. The predicted molar refractivity (Wildman–Crippen MR) is 91.5 cm³/mol. The number of nitrogens with one attached hydrogen (secondary N) is 2. The Labute approximate surface area is 144 Å². The molecule has 0 aromatic heterocycles. The van der Waals surface area contributed by atoms with E-state index in [0.717, 1.165) is 5.56 Å². The van der Waals surface area contributed by atoms with Crippen molar-refractivity contribution < 1.29 is 16.8 Å². The lowest BCUT2D eigenvalue weighted by molar-refractivity contribution is 0.585. The van der Waals surface area contributed by atoms with E-state index in [1.54, 1.807) is 25.0 Å². The highest BCUT2D eigenvalue weighted by atomic mass is 32.2. The summed E-state index contributed by atoms with van der Waals surface area (Å²) in [7, 11) is -7.19. The van der Waals surface area contributed by atoms with Gasteiger partial charge in [0, 0.05) is 0 Å². The number of hydrogen-bond acceptors (Lipinski definition) is 4. The van der Waals surface area contributed by atoms with Crippen LogP contribution in [0.5, 0.6) is 0 Å². The van der Waals surface area contributed by atoms with Gasteiger partial charge in [-0.2, -0.15) is 4.72 Å². The molecule has 127 valence electrons. The van der Waals surface area contributed by atoms with Crippen LogP contribution in [0.2, 0.25) is 0 Å². The van der Waals surface area contributed by atoms with E-state index < -0.39 is 20.0 Å². The molecule has 1 aliphatic rings. The van der Waals surface area contributed by atoms with Gasteiger partial charge in [-0.05, 0) is 44.7 Å². The molecular formula is C16H17N2O4S2. The molecule has 2 N–H and O–H groups in total. The molecule has 1 aromatic rings. The van der Waals surface area contributed by atoms with Crippen LogP contribution in [0.15, 0.2) is 29.2 Å². The first-order valence-corrected chi connectivity index (χ1v) is 10.0. The molecule has 24 heavy (non-hydrogen) atoms. The van der Waals surface area contributed by atoms with Crippen LogP contribution in [-0.2, 0) is 20.0 Å². The van der Waals surface area contributed by atoms with Crippen LogP contribution in [-0.4, -0.2) is 29.9 Å². The van der Waals surface area contributed by atoms with Crippen molar-refractivity contribution >= 4 is 20.0 Å². The SMILES string of the molecule is Cc1ccc(S(=O)(=O)NCC#CCNS(=O)(=O)[C]2[CH][CH][CH][CH]2)cc1. The van der Waals surface area contributed by atoms with Crippen LogP contribution >= 0.6 is 0 Å². The van der Waals surface area contributed by atoms with E-state index in [1.165, 1.54) is 25.0 Å². The molecule has 0 spiro atoms. The van der Waals surface area contributed by atoms with Crippen molar-refractivity contribution in [3.05, 3.63) is 60.8 Å². The van der Waals surface area contributed by atoms with Crippen LogP contribution < -0.4 is 9.44 Å². The first-order valence-electron chi connectivity index (χ1n) is 7.05. The average Bonchev–Trinajstić information content (AvgIpc) is 3.06. The van der Waals surface area contributed by atoms with Gasteiger partial charge in [0.25, 0.3) is 0 Å². The Bertz CT molecular complexity index is 813. The Morgan fingerprint density at radius 1 is 0.833 bits per heavy atom. The summed E-state index contributed by atoms with van der Waals surface area (Å²) < 4.78 is 52.3. The van der Waals surface area contributed by atoms with Gasteiger partial charge in [-0.25, -0.2) is 21.6 Å². The first-order chi connectivity index (χ1) is 11.3. The van der Waals surface area contributed by atoms with E-state index in [9.17, 15) is 16.8 Å². The minimum atomic E-state index is -3.62. The Morgan fingerprint density at radius 3 is 1.88 bits per heavy atom. The zero-order valence-corrected chi connectivity index (χ0v) is 14.6. The zero-order chi connectivity index (χ0) is 17.6. The molecule has 2 rings (SSSR count). The van der Waals surface area contributed by atoms with Gasteiger partial charge in [-0.3, -0.25) is 0 Å². The third-order valence-electron chi connectivity index (χ3n) is 3.10. The maximum Gasteiger partial charge on any atom is 0.241 e. The molecule has 5 radical (unpaired) electrons. The van der Waals surface area contributed by atoms with Gasteiger partial charge in [0.15, 0.2) is 0 Å². The van der Waals surface area contributed by atoms with E-state index in [-0.39, 0.29) is 23.2 Å². The van der Waals surface area contributed by atoms with Gasteiger partial charge in [0.1, 0.15) is 5.25 Å².